The molecule has 0 radical (unpaired) electrons. The predicted octanol–water partition coefficient (Wildman–Crippen LogP) is 1.00. The van der Waals surface area contributed by atoms with Crippen molar-refractivity contribution >= 4 is 11.8 Å². The Kier molecular flexibility index (Phi) is 6.75. The highest BCUT2D eigenvalue weighted by molar-refractivity contribution is 5.83. The highest BCUT2D eigenvalue weighted by atomic mass is 16.5. The van der Waals surface area contributed by atoms with E-state index in [4.69, 9.17) is 4.74 Å². The molecule has 1 aliphatic heterocycles. The van der Waals surface area contributed by atoms with E-state index in [1.54, 1.807) is 26.1 Å². The van der Waals surface area contributed by atoms with Crippen molar-refractivity contribution in [3.05, 3.63) is 35.4 Å². The number of benzene rings is 1. The first-order valence-electron chi connectivity index (χ1n) is 8.30. The Labute approximate surface area is 143 Å². The minimum Gasteiger partial charge on any atom is -0.380 e. The van der Waals surface area contributed by atoms with Crippen LogP contribution in [0.4, 0.5) is 0 Å². The third kappa shape index (κ3) is 4.79. The topological polar surface area (TPSA) is 61.9 Å². The summed E-state index contributed by atoms with van der Waals surface area (Å²) in [6, 6.07) is 7.72. The van der Waals surface area contributed by atoms with Gasteiger partial charge < -0.3 is 15.0 Å². The molecule has 132 valence electrons. The number of likely N-dealkylation sites (tertiary alicyclic amines) is 1. The van der Waals surface area contributed by atoms with Crippen molar-refractivity contribution in [1.82, 2.24) is 15.1 Å². The molecule has 0 aliphatic carbocycles. The third-order valence-electron chi connectivity index (χ3n) is 4.33. The average Bonchev–Trinajstić information content (AvgIpc) is 3.01. The minimum atomic E-state index is -0.175. The van der Waals surface area contributed by atoms with E-state index in [0.29, 0.717) is 13.2 Å². The van der Waals surface area contributed by atoms with Gasteiger partial charge >= 0.3 is 0 Å². The van der Waals surface area contributed by atoms with Crippen LogP contribution in [0.1, 0.15) is 24.0 Å². The van der Waals surface area contributed by atoms with Crippen LogP contribution in [0.2, 0.25) is 0 Å². The van der Waals surface area contributed by atoms with Gasteiger partial charge in [0.2, 0.25) is 11.8 Å². The number of ether oxygens (including phenoxy) is 1. The van der Waals surface area contributed by atoms with E-state index in [2.05, 4.69) is 5.32 Å². The summed E-state index contributed by atoms with van der Waals surface area (Å²) < 4.78 is 5.18. The Morgan fingerprint density at radius 2 is 2.00 bits per heavy atom. The number of hydrogen-bond acceptors (Lipinski definition) is 4. The second kappa shape index (κ2) is 8.80. The SMILES string of the molecule is COCc1ccccc1CNC(=O)CN1CCCC1C(=O)N(C)C. The minimum absolute atomic E-state index is 0.0549. The van der Waals surface area contributed by atoms with E-state index in [9.17, 15) is 9.59 Å². The molecule has 0 spiro atoms. The van der Waals surface area contributed by atoms with E-state index < -0.39 is 0 Å². The number of nitrogens with zero attached hydrogens (tertiary/aromatic N) is 2. The summed E-state index contributed by atoms with van der Waals surface area (Å²) in [6.45, 7) is 2.05. The third-order valence-corrected chi connectivity index (χ3v) is 4.33. The monoisotopic (exact) mass is 333 g/mol. The van der Waals surface area contributed by atoms with Crippen molar-refractivity contribution in [2.45, 2.75) is 32.0 Å². The number of hydrogen-bond donors (Lipinski definition) is 1. The zero-order valence-electron chi connectivity index (χ0n) is 14.7. The van der Waals surface area contributed by atoms with Gasteiger partial charge in [0.05, 0.1) is 19.2 Å². The second-order valence-corrected chi connectivity index (χ2v) is 6.34. The number of amides is 2. The summed E-state index contributed by atoms with van der Waals surface area (Å²) in [5.74, 6) is 0.0198. The van der Waals surface area contributed by atoms with Gasteiger partial charge in [-0.25, -0.2) is 0 Å². The first-order chi connectivity index (χ1) is 11.5. The number of methoxy groups -OCH3 is 1. The lowest BCUT2D eigenvalue weighted by Crippen LogP contribution is -2.46. The van der Waals surface area contributed by atoms with Gasteiger partial charge in [-0.1, -0.05) is 24.3 Å². The van der Waals surface area contributed by atoms with E-state index in [-0.39, 0.29) is 24.4 Å². The highest BCUT2D eigenvalue weighted by Gasteiger charge is 2.32. The molecule has 1 aromatic carbocycles. The van der Waals surface area contributed by atoms with Gasteiger partial charge in [-0.3, -0.25) is 14.5 Å². The highest BCUT2D eigenvalue weighted by Crippen LogP contribution is 2.18. The average molecular weight is 333 g/mol. The first-order valence-corrected chi connectivity index (χ1v) is 8.30. The molecule has 0 bridgehead atoms. The van der Waals surface area contributed by atoms with Gasteiger partial charge in [0.25, 0.3) is 0 Å². The molecular formula is C18H27N3O3. The second-order valence-electron chi connectivity index (χ2n) is 6.34. The summed E-state index contributed by atoms with van der Waals surface area (Å²) in [6.07, 6.45) is 1.77. The molecule has 1 heterocycles. The largest absolute Gasteiger partial charge is 0.380 e. The van der Waals surface area contributed by atoms with Gasteiger partial charge in [0.15, 0.2) is 0 Å². The molecule has 2 amide bonds. The summed E-state index contributed by atoms with van der Waals surface area (Å²) in [4.78, 5) is 28.0. The van der Waals surface area contributed by atoms with Crippen LogP contribution in [0.5, 0.6) is 0 Å². The van der Waals surface area contributed by atoms with Crippen LogP contribution in [0.3, 0.4) is 0 Å². The lowest BCUT2D eigenvalue weighted by atomic mass is 10.1. The van der Waals surface area contributed by atoms with Crippen LogP contribution in [0.25, 0.3) is 0 Å². The van der Waals surface area contributed by atoms with Crippen LogP contribution in [0.15, 0.2) is 24.3 Å². The maximum atomic E-state index is 12.3. The summed E-state index contributed by atoms with van der Waals surface area (Å²) in [5.41, 5.74) is 2.12. The molecule has 24 heavy (non-hydrogen) atoms. The maximum absolute atomic E-state index is 12.3. The molecule has 1 unspecified atom stereocenters. The van der Waals surface area contributed by atoms with E-state index in [0.717, 1.165) is 30.5 Å². The molecule has 1 atom stereocenters. The molecule has 1 aromatic rings. The Morgan fingerprint density at radius 1 is 1.29 bits per heavy atom. The van der Waals surface area contributed by atoms with Crippen molar-refractivity contribution in [3.63, 3.8) is 0 Å². The van der Waals surface area contributed by atoms with E-state index >= 15 is 0 Å². The van der Waals surface area contributed by atoms with Gasteiger partial charge in [-0.2, -0.15) is 0 Å². The molecule has 1 saturated heterocycles. The summed E-state index contributed by atoms with van der Waals surface area (Å²) in [5, 5.41) is 2.95. The van der Waals surface area contributed by atoms with Crippen molar-refractivity contribution in [2.24, 2.45) is 0 Å². The first kappa shape index (κ1) is 18.4. The molecular weight excluding hydrogens is 306 g/mol. The van der Waals surface area contributed by atoms with Crippen LogP contribution in [-0.2, 0) is 27.5 Å². The molecule has 0 saturated carbocycles. The standard InChI is InChI=1S/C18H27N3O3/c1-20(2)18(23)16-9-6-10-21(16)12-17(22)19-11-14-7-4-5-8-15(14)13-24-3/h4-5,7-8,16H,6,9-13H2,1-3H3,(H,19,22). The molecule has 6 heteroatoms. The molecule has 2 rings (SSSR count). The van der Waals surface area contributed by atoms with Crippen LogP contribution in [0, 0.1) is 0 Å². The Morgan fingerprint density at radius 3 is 2.67 bits per heavy atom. The maximum Gasteiger partial charge on any atom is 0.239 e. The molecule has 1 aliphatic rings. The number of carbonyl (C=O) groups is 2. The zero-order chi connectivity index (χ0) is 17.5. The Bertz CT molecular complexity index is 574. The number of likely N-dealkylation sites (N-methyl/N-ethyl adjacent to an activating group) is 1. The van der Waals surface area contributed by atoms with Gasteiger partial charge in [0, 0.05) is 27.7 Å². The van der Waals surface area contributed by atoms with Crippen molar-refractivity contribution < 1.29 is 14.3 Å². The number of nitrogens with one attached hydrogen (secondary N) is 1. The molecule has 6 nitrogen and oxygen atoms in total. The molecule has 1 N–H and O–H groups in total. The van der Waals surface area contributed by atoms with Crippen molar-refractivity contribution in [1.29, 1.82) is 0 Å². The van der Waals surface area contributed by atoms with Crippen molar-refractivity contribution in [3.8, 4) is 0 Å². The van der Waals surface area contributed by atoms with Crippen LogP contribution < -0.4 is 5.32 Å². The van der Waals surface area contributed by atoms with Gasteiger partial charge in [-0.15, -0.1) is 0 Å². The number of rotatable bonds is 7. The Hall–Kier alpha value is -1.92. The predicted molar refractivity (Wildman–Crippen MR) is 92.3 cm³/mol. The van der Waals surface area contributed by atoms with E-state index in [1.165, 1.54) is 0 Å². The normalized spacial score (nSPS) is 17.7. The molecule has 0 aromatic heterocycles. The lowest BCUT2D eigenvalue weighted by molar-refractivity contribution is -0.134. The lowest BCUT2D eigenvalue weighted by Gasteiger charge is -2.25. The quantitative estimate of drug-likeness (QED) is 0.809. The fraction of sp³-hybridized carbons (Fsp3) is 0.556. The van der Waals surface area contributed by atoms with Gasteiger partial charge in [-0.05, 0) is 30.5 Å². The Balaban J connectivity index is 1.88. The zero-order valence-corrected chi connectivity index (χ0v) is 14.7. The molecule has 1 fully saturated rings. The van der Waals surface area contributed by atoms with E-state index in [1.807, 2.05) is 29.2 Å². The fourth-order valence-electron chi connectivity index (χ4n) is 3.05. The van der Waals surface area contributed by atoms with Crippen molar-refractivity contribution in [2.75, 3.05) is 34.3 Å². The van der Waals surface area contributed by atoms with Crippen LogP contribution in [-0.4, -0.2) is 62.0 Å². The van der Waals surface area contributed by atoms with Crippen LogP contribution >= 0.6 is 0 Å². The number of carbonyl (C=O) groups excluding carboxylic acids is 2. The van der Waals surface area contributed by atoms with Gasteiger partial charge in [0.1, 0.15) is 0 Å². The smallest absolute Gasteiger partial charge is 0.239 e. The summed E-state index contributed by atoms with van der Waals surface area (Å²) >= 11 is 0. The fourth-order valence-corrected chi connectivity index (χ4v) is 3.05. The summed E-state index contributed by atoms with van der Waals surface area (Å²) in [7, 11) is 5.17.